The molecule has 0 spiro atoms. The van der Waals surface area contributed by atoms with Crippen molar-refractivity contribution in [3.63, 3.8) is 0 Å². The minimum Gasteiger partial charge on any atom is -0.477 e. The van der Waals surface area contributed by atoms with Crippen LogP contribution in [0.4, 0.5) is 0 Å². The molecule has 0 amide bonds. The molecule has 0 aliphatic carbocycles. The highest BCUT2D eigenvalue weighted by Crippen LogP contribution is 2.03. The third-order valence-electron chi connectivity index (χ3n) is 1.36. The smallest absolute Gasteiger partial charge is 0.232 e. The first-order valence-corrected chi connectivity index (χ1v) is 4.03. The van der Waals surface area contributed by atoms with Crippen LogP contribution < -0.4 is 10.5 Å². The van der Waals surface area contributed by atoms with Gasteiger partial charge in [-0.2, -0.15) is 0 Å². The van der Waals surface area contributed by atoms with E-state index in [9.17, 15) is 0 Å². The van der Waals surface area contributed by atoms with Crippen molar-refractivity contribution in [2.24, 2.45) is 5.73 Å². The van der Waals surface area contributed by atoms with Crippen LogP contribution in [0.2, 0.25) is 0 Å². The van der Waals surface area contributed by atoms with Crippen LogP contribution in [0.3, 0.4) is 0 Å². The molecule has 0 fully saturated rings. The molecule has 0 aliphatic rings. The number of nitrogens with two attached hydrogens (primary N) is 1. The summed E-state index contributed by atoms with van der Waals surface area (Å²) in [5.74, 6) is 0.376. The fourth-order valence-corrected chi connectivity index (χ4v) is 0.736. The van der Waals surface area contributed by atoms with Gasteiger partial charge < -0.3 is 10.5 Å². The van der Waals surface area contributed by atoms with Crippen molar-refractivity contribution in [1.29, 1.82) is 5.41 Å². The second-order valence-electron chi connectivity index (χ2n) is 2.50. The molecule has 70 valence electrons. The fraction of sp³-hybridized carbons (Fsp3) is 0.375. The highest BCUT2D eigenvalue weighted by molar-refractivity contribution is 5.92. The van der Waals surface area contributed by atoms with Gasteiger partial charge in [-0.3, -0.25) is 5.41 Å². The van der Waals surface area contributed by atoms with Gasteiger partial charge in [-0.15, -0.1) is 0 Å². The van der Waals surface area contributed by atoms with E-state index in [0.717, 1.165) is 6.42 Å². The summed E-state index contributed by atoms with van der Waals surface area (Å²) < 4.78 is 5.20. The lowest BCUT2D eigenvalue weighted by Crippen LogP contribution is -2.13. The van der Waals surface area contributed by atoms with Crippen molar-refractivity contribution < 1.29 is 4.74 Å². The van der Waals surface area contributed by atoms with Crippen molar-refractivity contribution in [3.05, 3.63) is 18.1 Å². The zero-order valence-corrected chi connectivity index (χ0v) is 7.45. The number of rotatable bonds is 4. The highest BCUT2D eigenvalue weighted by Gasteiger charge is 1.99. The first-order valence-electron chi connectivity index (χ1n) is 4.03. The number of nitrogen functional groups attached to an aromatic ring is 1. The van der Waals surface area contributed by atoms with Crippen LogP contribution in [0, 0.1) is 5.41 Å². The number of nitrogens with one attached hydrogen (secondary N) is 1. The molecule has 13 heavy (non-hydrogen) atoms. The average Bonchev–Trinajstić information content (AvgIpc) is 2.15. The molecule has 1 aromatic heterocycles. The van der Waals surface area contributed by atoms with Crippen molar-refractivity contribution in [2.45, 2.75) is 13.3 Å². The van der Waals surface area contributed by atoms with Gasteiger partial charge in [-0.05, 0) is 6.42 Å². The molecule has 0 saturated carbocycles. The average molecular weight is 180 g/mol. The Bertz CT molecular complexity index is 283. The Kier molecular flexibility index (Phi) is 3.19. The standard InChI is InChI=1S/C8H12N4O/c1-2-3-13-7-5-11-6(4-12-7)8(9)10/h4-5H,2-3H2,1H3,(H3,9,10). The van der Waals surface area contributed by atoms with Crippen LogP contribution >= 0.6 is 0 Å². The van der Waals surface area contributed by atoms with E-state index in [1.807, 2.05) is 6.92 Å². The Morgan fingerprint density at radius 1 is 1.54 bits per heavy atom. The summed E-state index contributed by atoms with van der Waals surface area (Å²) in [4.78, 5) is 7.83. The zero-order chi connectivity index (χ0) is 9.68. The second-order valence-corrected chi connectivity index (χ2v) is 2.50. The van der Waals surface area contributed by atoms with E-state index in [1.54, 1.807) is 0 Å². The van der Waals surface area contributed by atoms with Crippen LogP contribution in [0.5, 0.6) is 5.88 Å². The van der Waals surface area contributed by atoms with Gasteiger partial charge in [0.2, 0.25) is 5.88 Å². The molecule has 1 heterocycles. The maximum Gasteiger partial charge on any atom is 0.232 e. The molecule has 1 rings (SSSR count). The molecule has 0 bridgehead atoms. The summed E-state index contributed by atoms with van der Waals surface area (Å²) in [5.41, 5.74) is 5.57. The fourth-order valence-electron chi connectivity index (χ4n) is 0.736. The lowest BCUT2D eigenvalue weighted by atomic mass is 10.4. The van der Waals surface area contributed by atoms with Crippen molar-refractivity contribution in [3.8, 4) is 5.88 Å². The molecule has 0 atom stereocenters. The van der Waals surface area contributed by atoms with Crippen molar-refractivity contribution in [1.82, 2.24) is 9.97 Å². The van der Waals surface area contributed by atoms with Crippen molar-refractivity contribution in [2.75, 3.05) is 6.61 Å². The van der Waals surface area contributed by atoms with Gasteiger partial charge in [0.15, 0.2) is 0 Å². The van der Waals surface area contributed by atoms with Gasteiger partial charge in [0.05, 0.1) is 19.0 Å². The lowest BCUT2D eigenvalue weighted by Gasteiger charge is -2.02. The largest absolute Gasteiger partial charge is 0.477 e. The summed E-state index contributed by atoms with van der Waals surface area (Å²) in [7, 11) is 0. The summed E-state index contributed by atoms with van der Waals surface area (Å²) >= 11 is 0. The minimum atomic E-state index is -0.0884. The third-order valence-corrected chi connectivity index (χ3v) is 1.36. The SMILES string of the molecule is CCCOc1cnc(C(=N)N)cn1. The molecule has 5 nitrogen and oxygen atoms in total. The molecule has 0 unspecified atom stereocenters. The van der Waals surface area contributed by atoms with Gasteiger partial charge in [0, 0.05) is 0 Å². The van der Waals surface area contributed by atoms with E-state index in [0.29, 0.717) is 18.2 Å². The Labute approximate surface area is 76.5 Å². The summed E-state index contributed by atoms with van der Waals surface area (Å²) in [6.45, 7) is 2.63. The maximum absolute atomic E-state index is 7.08. The van der Waals surface area contributed by atoms with E-state index in [1.165, 1.54) is 12.4 Å². The molecular formula is C8H12N4O. The molecule has 0 aliphatic heterocycles. The number of amidine groups is 1. The van der Waals surface area contributed by atoms with Crippen molar-refractivity contribution >= 4 is 5.84 Å². The maximum atomic E-state index is 7.08. The van der Waals surface area contributed by atoms with E-state index in [4.69, 9.17) is 15.9 Å². The Morgan fingerprint density at radius 3 is 2.77 bits per heavy atom. The number of nitrogens with zero attached hydrogens (tertiary/aromatic N) is 2. The summed E-state index contributed by atoms with van der Waals surface area (Å²) in [5, 5.41) is 7.08. The van der Waals surface area contributed by atoms with E-state index < -0.39 is 0 Å². The Hall–Kier alpha value is -1.65. The zero-order valence-electron chi connectivity index (χ0n) is 7.45. The van der Waals surface area contributed by atoms with Gasteiger partial charge in [-0.25, -0.2) is 9.97 Å². The molecule has 0 aromatic carbocycles. The van der Waals surface area contributed by atoms with Gasteiger partial charge in [-0.1, -0.05) is 6.92 Å². The minimum absolute atomic E-state index is 0.0884. The van der Waals surface area contributed by atoms with Crippen LogP contribution in [0.1, 0.15) is 19.0 Å². The lowest BCUT2D eigenvalue weighted by molar-refractivity contribution is 0.304. The first-order chi connectivity index (χ1) is 6.24. The van der Waals surface area contributed by atoms with E-state index in [2.05, 4.69) is 9.97 Å². The van der Waals surface area contributed by atoms with Crippen LogP contribution in [-0.2, 0) is 0 Å². The Balaban J connectivity index is 2.64. The molecule has 1 aromatic rings. The Morgan fingerprint density at radius 2 is 2.31 bits per heavy atom. The molecule has 5 heteroatoms. The summed E-state index contributed by atoms with van der Waals surface area (Å²) in [6, 6.07) is 0. The number of ether oxygens (including phenoxy) is 1. The highest BCUT2D eigenvalue weighted by atomic mass is 16.5. The summed E-state index contributed by atoms with van der Waals surface area (Å²) in [6.07, 6.45) is 3.82. The predicted octanol–water partition coefficient (Wildman–Crippen LogP) is 0.549. The van der Waals surface area contributed by atoms with E-state index >= 15 is 0 Å². The molecule has 0 radical (unpaired) electrons. The monoisotopic (exact) mass is 180 g/mol. The predicted molar refractivity (Wildman–Crippen MR) is 48.8 cm³/mol. The topological polar surface area (TPSA) is 84.9 Å². The van der Waals surface area contributed by atoms with E-state index in [-0.39, 0.29) is 5.84 Å². The molecular weight excluding hydrogens is 168 g/mol. The van der Waals surface area contributed by atoms with Gasteiger partial charge >= 0.3 is 0 Å². The third kappa shape index (κ3) is 2.70. The number of aromatic nitrogens is 2. The number of hydrogen-bond donors (Lipinski definition) is 2. The first kappa shape index (κ1) is 9.44. The van der Waals surface area contributed by atoms with Crippen LogP contribution in [0.15, 0.2) is 12.4 Å². The molecule has 3 N–H and O–H groups in total. The van der Waals surface area contributed by atoms with Crippen LogP contribution in [0.25, 0.3) is 0 Å². The normalized spacial score (nSPS) is 9.62. The quantitative estimate of drug-likeness (QED) is 0.523. The van der Waals surface area contributed by atoms with Gasteiger partial charge in [0.25, 0.3) is 0 Å². The van der Waals surface area contributed by atoms with Crippen LogP contribution in [-0.4, -0.2) is 22.4 Å². The molecule has 0 saturated heterocycles. The number of hydrogen-bond acceptors (Lipinski definition) is 4. The second kappa shape index (κ2) is 4.39. The van der Waals surface area contributed by atoms with Gasteiger partial charge in [0.1, 0.15) is 11.5 Å².